The zero-order valence-corrected chi connectivity index (χ0v) is 23.1. The van der Waals surface area contributed by atoms with Crippen LogP contribution < -0.4 is 15.0 Å². The number of fused-ring (bicyclic) bond motifs is 4. The van der Waals surface area contributed by atoms with E-state index < -0.39 is 0 Å². The van der Waals surface area contributed by atoms with Crippen LogP contribution in [0.3, 0.4) is 0 Å². The molecule has 2 aliphatic heterocycles. The summed E-state index contributed by atoms with van der Waals surface area (Å²) in [5.74, 6) is 1.79. The normalized spacial score (nSPS) is 23.2. The van der Waals surface area contributed by atoms with Gasteiger partial charge in [0.2, 0.25) is 0 Å². The summed E-state index contributed by atoms with van der Waals surface area (Å²) in [7, 11) is 1.75. The first-order chi connectivity index (χ1) is 18.2. The van der Waals surface area contributed by atoms with E-state index in [-0.39, 0.29) is 24.4 Å². The molecule has 38 heavy (non-hydrogen) atoms. The number of carbonyl (C=O) groups excluding carboxylic acids is 1. The molecule has 2 aromatic carbocycles. The van der Waals surface area contributed by atoms with Crippen molar-refractivity contribution in [2.75, 3.05) is 38.2 Å². The second-order valence-electron chi connectivity index (χ2n) is 11.1. The van der Waals surface area contributed by atoms with Gasteiger partial charge in [0.05, 0.1) is 12.6 Å². The highest BCUT2D eigenvalue weighted by atomic mass is 35.5. The lowest BCUT2D eigenvalue weighted by molar-refractivity contribution is 0.0919. The molecular weight excluding hydrogens is 496 g/mol. The molecule has 1 saturated carbocycles. The van der Waals surface area contributed by atoms with Gasteiger partial charge in [-0.05, 0) is 105 Å². The summed E-state index contributed by atoms with van der Waals surface area (Å²) in [4.78, 5) is 22.5. The summed E-state index contributed by atoms with van der Waals surface area (Å²) in [6.07, 6.45) is 10.0. The third kappa shape index (κ3) is 5.76. The molecule has 0 spiro atoms. The highest BCUT2D eigenvalue weighted by Crippen LogP contribution is 2.35. The molecule has 3 heterocycles. The molecule has 3 aliphatic rings. The van der Waals surface area contributed by atoms with Gasteiger partial charge in [0, 0.05) is 54.6 Å². The molecule has 6 rings (SSSR count). The maximum atomic E-state index is 12.8. The standard InChI is InChI=1S/C31H38N4O2.ClH/c1-37-28-11-13-30-24(20-28)6-10-27-21-34(17-18-35(27)30)16-14-22-4-8-26(9-5-22)33-31(36)25-7-12-29-23(19-25)3-2-15-32-29;/h2-3,7,11-13,15,19-20,22,26-27H,4-6,8-10,14,16-18,21H2,1H3,(H,33,36);1H. The van der Waals surface area contributed by atoms with Crippen LogP contribution in [0.2, 0.25) is 0 Å². The molecule has 0 bridgehead atoms. The van der Waals surface area contributed by atoms with Gasteiger partial charge in [-0.1, -0.05) is 6.07 Å². The molecule has 7 heteroatoms. The van der Waals surface area contributed by atoms with E-state index in [9.17, 15) is 4.79 Å². The van der Waals surface area contributed by atoms with E-state index in [1.165, 1.54) is 50.0 Å². The fraction of sp³-hybridized carbons (Fsp3) is 0.484. The number of methoxy groups -OCH3 is 1. The number of ether oxygens (including phenoxy) is 1. The Labute approximate surface area is 232 Å². The summed E-state index contributed by atoms with van der Waals surface area (Å²) < 4.78 is 5.43. The molecule has 0 radical (unpaired) electrons. The molecule has 1 amide bonds. The van der Waals surface area contributed by atoms with Gasteiger partial charge < -0.3 is 15.0 Å². The Morgan fingerprint density at radius 1 is 1.05 bits per heavy atom. The Morgan fingerprint density at radius 3 is 2.76 bits per heavy atom. The maximum absolute atomic E-state index is 12.8. The van der Waals surface area contributed by atoms with Gasteiger partial charge in [0.15, 0.2) is 0 Å². The smallest absolute Gasteiger partial charge is 0.251 e. The van der Waals surface area contributed by atoms with Crippen LogP contribution in [0.15, 0.2) is 54.7 Å². The van der Waals surface area contributed by atoms with E-state index in [4.69, 9.17) is 4.74 Å². The number of hydrogen-bond acceptors (Lipinski definition) is 5. The molecule has 1 N–H and O–H groups in total. The number of pyridine rings is 1. The molecule has 2 fully saturated rings. The van der Waals surface area contributed by atoms with E-state index in [1.54, 1.807) is 13.3 Å². The maximum Gasteiger partial charge on any atom is 0.251 e. The van der Waals surface area contributed by atoms with Crippen LogP contribution in [0.25, 0.3) is 10.9 Å². The van der Waals surface area contributed by atoms with Gasteiger partial charge in [0.25, 0.3) is 5.91 Å². The second kappa shape index (κ2) is 11.9. The summed E-state index contributed by atoms with van der Waals surface area (Å²) in [5, 5.41) is 4.30. The lowest BCUT2D eigenvalue weighted by Crippen LogP contribution is -2.55. The van der Waals surface area contributed by atoms with Gasteiger partial charge in [-0.25, -0.2) is 0 Å². The SMILES string of the molecule is COc1ccc2c(c1)CCC1CN(CCC3CCC(NC(=O)c4ccc5ncccc5c4)CC3)CCN21.Cl. The number of aryl methyl sites for hydroxylation is 1. The summed E-state index contributed by atoms with van der Waals surface area (Å²) in [6, 6.07) is 17.2. The lowest BCUT2D eigenvalue weighted by Gasteiger charge is -2.46. The van der Waals surface area contributed by atoms with E-state index in [0.717, 1.165) is 60.5 Å². The molecule has 1 unspecified atom stereocenters. The Hall–Kier alpha value is -2.83. The molecule has 1 saturated heterocycles. The summed E-state index contributed by atoms with van der Waals surface area (Å²) in [6.45, 7) is 4.65. The van der Waals surface area contributed by atoms with Crippen LogP contribution in [0.5, 0.6) is 5.75 Å². The number of halogens is 1. The average molecular weight is 535 g/mol. The number of piperazine rings is 1. The molecule has 1 aliphatic carbocycles. The van der Waals surface area contributed by atoms with Crippen molar-refractivity contribution < 1.29 is 9.53 Å². The van der Waals surface area contributed by atoms with Gasteiger partial charge in [0.1, 0.15) is 5.75 Å². The van der Waals surface area contributed by atoms with Gasteiger partial charge >= 0.3 is 0 Å². The van der Waals surface area contributed by atoms with Crippen LogP contribution in [0.1, 0.15) is 54.4 Å². The predicted molar refractivity (Wildman–Crippen MR) is 156 cm³/mol. The fourth-order valence-corrected chi connectivity index (χ4v) is 6.62. The van der Waals surface area contributed by atoms with Crippen LogP contribution in [-0.4, -0.2) is 61.2 Å². The van der Waals surface area contributed by atoms with Crippen molar-refractivity contribution in [3.63, 3.8) is 0 Å². The quantitative estimate of drug-likeness (QED) is 0.454. The minimum atomic E-state index is 0. The van der Waals surface area contributed by atoms with Crippen LogP contribution in [0.4, 0.5) is 5.69 Å². The van der Waals surface area contributed by atoms with Gasteiger partial charge in [-0.2, -0.15) is 0 Å². The number of carbonyl (C=O) groups is 1. The van der Waals surface area contributed by atoms with Crippen molar-refractivity contribution >= 4 is 34.9 Å². The van der Waals surface area contributed by atoms with Crippen molar-refractivity contribution in [1.29, 1.82) is 0 Å². The first-order valence-corrected chi connectivity index (χ1v) is 14.0. The number of hydrogen-bond donors (Lipinski definition) is 1. The van der Waals surface area contributed by atoms with Crippen LogP contribution >= 0.6 is 12.4 Å². The number of benzene rings is 2. The Kier molecular flexibility index (Phi) is 8.39. The largest absolute Gasteiger partial charge is 0.497 e. The first-order valence-electron chi connectivity index (χ1n) is 14.0. The van der Waals surface area contributed by atoms with Crippen molar-refractivity contribution in [3.05, 3.63) is 65.9 Å². The highest BCUT2D eigenvalue weighted by Gasteiger charge is 2.32. The lowest BCUT2D eigenvalue weighted by atomic mass is 9.83. The second-order valence-corrected chi connectivity index (χ2v) is 11.1. The third-order valence-corrected chi connectivity index (χ3v) is 8.81. The van der Waals surface area contributed by atoms with E-state index >= 15 is 0 Å². The number of aromatic nitrogens is 1. The van der Waals surface area contributed by atoms with Crippen molar-refractivity contribution in [1.82, 2.24) is 15.2 Å². The number of anilines is 1. The van der Waals surface area contributed by atoms with Crippen LogP contribution in [-0.2, 0) is 6.42 Å². The zero-order chi connectivity index (χ0) is 25.2. The fourth-order valence-electron chi connectivity index (χ4n) is 6.62. The predicted octanol–water partition coefficient (Wildman–Crippen LogP) is 5.48. The van der Waals surface area contributed by atoms with E-state index in [2.05, 4.69) is 38.3 Å². The van der Waals surface area contributed by atoms with Gasteiger partial charge in [-0.3, -0.25) is 14.7 Å². The molecule has 3 aromatic rings. The molecular formula is C31H39ClN4O2. The number of amides is 1. The Balaban J connectivity index is 0.00000294. The Morgan fingerprint density at radius 2 is 1.92 bits per heavy atom. The average Bonchev–Trinajstić information content (AvgIpc) is 2.96. The van der Waals surface area contributed by atoms with Crippen LogP contribution in [0, 0.1) is 5.92 Å². The molecule has 202 valence electrons. The minimum absolute atomic E-state index is 0. The van der Waals surface area contributed by atoms with Crippen molar-refractivity contribution in [2.24, 2.45) is 5.92 Å². The number of nitrogens with one attached hydrogen (secondary N) is 1. The monoisotopic (exact) mass is 534 g/mol. The first kappa shape index (κ1) is 26.8. The molecule has 1 atom stereocenters. The van der Waals surface area contributed by atoms with Crippen molar-refractivity contribution in [2.45, 2.75) is 57.0 Å². The number of rotatable bonds is 6. The zero-order valence-electron chi connectivity index (χ0n) is 22.3. The molecule has 6 nitrogen and oxygen atoms in total. The number of nitrogens with zero attached hydrogens (tertiary/aromatic N) is 3. The third-order valence-electron chi connectivity index (χ3n) is 8.81. The Bertz CT molecular complexity index is 1260. The summed E-state index contributed by atoms with van der Waals surface area (Å²) >= 11 is 0. The summed E-state index contributed by atoms with van der Waals surface area (Å²) in [5.41, 5.74) is 4.50. The topological polar surface area (TPSA) is 57.7 Å². The van der Waals surface area contributed by atoms with Gasteiger partial charge in [-0.15, -0.1) is 12.4 Å². The van der Waals surface area contributed by atoms with E-state index in [0.29, 0.717) is 6.04 Å². The molecule has 1 aromatic heterocycles. The van der Waals surface area contributed by atoms with E-state index in [1.807, 2.05) is 30.3 Å². The highest BCUT2D eigenvalue weighted by molar-refractivity contribution is 5.98. The van der Waals surface area contributed by atoms with Crippen molar-refractivity contribution in [3.8, 4) is 5.75 Å². The minimum Gasteiger partial charge on any atom is -0.497 e.